The summed E-state index contributed by atoms with van der Waals surface area (Å²) in [5.41, 5.74) is 7.93. The molecule has 3 nitrogen and oxygen atoms in total. The van der Waals surface area contributed by atoms with Gasteiger partial charge in [-0.3, -0.25) is 4.79 Å². The molecular weight excluding hydrogens is 190 g/mol. The molecule has 0 spiro atoms. The molecule has 0 saturated heterocycles. The summed E-state index contributed by atoms with van der Waals surface area (Å²) in [7, 11) is 1.41. The molecule has 0 aromatic heterocycles. The number of aryl methyl sites for hydroxylation is 1. The largest absolute Gasteiger partial charge is 0.469 e. The minimum Gasteiger partial charge on any atom is -0.469 e. The molecule has 1 aromatic rings. The molecule has 1 aromatic carbocycles. The van der Waals surface area contributed by atoms with Gasteiger partial charge < -0.3 is 10.5 Å². The van der Waals surface area contributed by atoms with Crippen molar-refractivity contribution >= 4 is 5.97 Å². The van der Waals surface area contributed by atoms with Crippen molar-refractivity contribution in [3.63, 3.8) is 0 Å². The van der Waals surface area contributed by atoms with Crippen LogP contribution in [-0.2, 0) is 22.4 Å². The number of ether oxygens (including phenoxy) is 1. The number of rotatable bonds is 5. The Morgan fingerprint density at radius 3 is 2.40 bits per heavy atom. The third-order valence-corrected chi connectivity index (χ3v) is 2.36. The van der Waals surface area contributed by atoms with E-state index in [1.807, 2.05) is 18.2 Å². The van der Waals surface area contributed by atoms with E-state index in [4.69, 9.17) is 5.73 Å². The minimum absolute atomic E-state index is 0.169. The van der Waals surface area contributed by atoms with Crippen LogP contribution >= 0.6 is 0 Å². The number of esters is 1. The van der Waals surface area contributed by atoms with Gasteiger partial charge in [0.1, 0.15) is 0 Å². The van der Waals surface area contributed by atoms with E-state index in [9.17, 15) is 4.79 Å². The van der Waals surface area contributed by atoms with Gasteiger partial charge in [0, 0.05) is 6.42 Å². The van der Waals surface area contributed by atoms with E-state index in [1.54, 1.807) is 0 Å². The van der Waals surface area contributed by atoms with Crippen LogP contribution in [0.4, 0.5) is 0 Å². The Morgan fingerprint density at radius 1 is 1.27 bits per heavy atom. The topological polar surface area (TPSA) is 52.3 Å². The van der Waals surface area contributed by atoms with Gasteiger partial charge in [-0.15, -0.1) is 0 Å². The van der Waals surface area contributed by atoms with Gasteiger partial charge in [0.05, 0.1) is 7.11 Å². The van der Waals surface area contributed by atoms with Gasteiger partial charge in [0.2, 0.25) is 0 Å². The van der Waals surface area contributed by atoms with Gasteiger partial charge in [0.15, 0.2) is 0 Å². The first-order chi connectivity index (χ1) is 7.27. The van der Waals surface area contributed by atoms with Crippen LogP contribution in [0.3, 0.4) is 0 Å². The van der Waals surface area contributed by atoms with Crippen molar-refractivity contribution in [2.24, 2.45) is 5.73 Å². The SMILES string of the molecule is COC(=O)CCc1ccccc1CCN. The van der Waals surface area contributed by atoms with Crippen LogP contribution in [0.25, 0.3) is 0 Å². The zero-order valence-corrected chi connectivity index (χ0v) is 9.03. The molecule has 0 bridgehead atoms. The Labute approximate surface area is 90.2 Å². The lowest BCUT2D eigenvalue weighted by atomic mass is 10.0. The van der Waals surface area contributed by atoms with Gasteiger partial charge in [-0.05, 0) is 30.5 Å². The number of hydrogen-bond donors (Lipinski definition) is 1. The van der Waals surface area contributed by atoms with Crippen molar-refractivity contribution in [3.05, 3.63) is 35.4 Å². The number of carbonyl (C=O) groups excluding carboxylic acids is 1. The summed E-state index contributed by atoms with van der Waals surface area (Å²) < 4.78 is 4.61. The normalized spacial score (nSPS) is 10.0. The van der Waals surface area contributed by atoms with Crippen molar-refractivity contribution in [2.45, 2.75) is 19.3 Å². The zero-order valence-electron chi connectivity index (χ0n) is 9.03. The van der Waals surface area contributed by atoms with Crippen molar-refractivity contribution in [2.75, 3.05) is 13.7 Å². The molecule has 0 fully saturated rings. The molecular formula is C12H17NO2. The van der Waals surface area contributed by atoms with Crippen molar-refractivity contribution in [1.29, 1.82) is 0 Å². The minimum atomic E-state index is -0.169. The van der Waals surface area contributed by atoms with Crippen LogP contribution in [0, 0.1) is 0 Å². The highest BCUT2D eigenvalue weighted by molar-refractivity contribution is 5.69. The fourth-order valence-corrected chi connectivity index (χ4v) is 1.54. The predicted octanol–water partition coefficient (Wildman–Crippen LogP) is 1.29. The lowest BCUT2D eigenvalue weighted by Gasteiger charge is -2.07. The average Bonchev–Trinajstić information content (AvgIpc) is 2.28. The van der Waals surface area contributed by atoms with E-state index in [2.05, 4.69) is 10.8 Å². The molecule has 3 heteroatoms. The van der Waals surface area contributed by atoms with Gasteiger partial charge in [0.25, 0.3) is 0 Å². The summed E-state index contributed by atoms with van der Waals surface area (Å²) in [5, 5.41) is 0. The smallest absolute Gasteiger partial charge is 0.305 e. The maximum absolute atomic E-state index is 11.0. The Kier molecular flexibility index (Phi) is 4.84. The van der Waals surface area contributed by atoms with Crippen molar-refractivity contribution < 1.29 is 9.53 Å². The Morgan fingerprint density at radius 2 is 1.87 bits per heavy atom. The first-order valence-corrected chi connectivity index (χ1v) is 5.11. The second kappa shape index (κ2) is 6.19. The van der Waals surface area contributed by atoms with Crippen LogP contribution in [0.1, 0.15) is 17.5 Å². The number of carbonyl (C=O) groups is 1. The Bertz CT molecular complexity index is 323. The van der Waals surface area contributed by atoms with E-state index in [-0.39, 0.29) is 5.97 Å². The quantitative estimate of drug-likeness (QED) is 0.740. The molecule has 82 valence electrons. The predicted molar refractivity (Wildman–Crippen MR) is 59.5 cm³/mol. The first-order valence-electron chi connectivity index (χ1n) is 5.11. The molecule has 0 amide bonds. The monoisotopic (exact) mass is 207 g/mol. The summed E-state index contributed by atoms with van der Waals surface area (Å²) in [6.45, 7) is 0.634. The summed E-state index contributed by atoms with van der Waals surface area (Å²) in [5.74, 6) is -0.169. The summed E-state index contributed by atoms with van der Waals surface area (Å²) in [6, 6.07) is 8.06. The molecule has 0 saturated carbocycles. The summed E-state index contributed by atoms with van der Waals surface area (Å²) in [4.78, 5) is 11.0. The second-order valence-corrected chi connectivity index (χ2v) is 3.38. The second-order valence-electron chi connectivity index (χ2n) is 3.38. The molecule has 0 unspecified atom stereocenters. The number of benzene rings is 1. The number of nitrogens with two attached hydrogens (primary N) is 1. The fourth-order valence-electron chi connectivity index (χ4n) is 1.54. The van der Waals surface area contributed by atoms with Crippen LogP contribution in [-0.4, -0.2) is 19.6 Å². The highest BCUT2D eigenvalue weighted by Gasteiger charge is 2.04. The number of hydrogen-bond acceptors (Lipinski definition) is 3. The van der Waals surface area contributed by atoms with E-state index in [0.29, 0.717) is 13.0 Å². The zero-order chi connectivity index (χ0) is 11.1. The average molecular weight is 207 g/mol. The highest BCUT2D eigenvalue weighted by Crippen LogP contribution is 2.11. The molecule has 0 aliphatic rings. The highest BCUT2D eigenvalue weighted by atomic mass is 16.5. The molecule has 0 aliphatic heterocycles. The van der Waals surface area contributed by atoms with Crippen LogP contribution in [0.5, 0.6) is 0 Å². The van der Waals surface area contributed by atoms with E-state index >= 15 is 0 Å². The van der Waals surface area contributed by atoms with Gasteiger partial charge in [-0.2, -0.15) is 0 Å². The third kappa shape index (κ3) is 3.72. The molecule has 0 heterocycles. The molecule has 0 atom stereocenters. The molecule has 15 heavy (non-hydrogen) atoms. The van der Waals surface area contributed by atoms with Crippen LogP contribution in [0.15, 0.2) is 24.3 Å². The standard InChI is InChI=1S/C12H17NO2/c1-15-12(14)7-6-10-4-2-3-5-11(10)8-9-13/h2-5H,6-9,13H2,1H3. The Balaban J connectivity index is 2.62. The van der Waals surface area contributed by atoms with E-state index in [0.717, 1.165) is 12.8 Å². The lowest BCUT2D eigenvalue weighted by molar-refractivity contribution is -0.140. The maximum Gasteiger partial charge on any atom is 0.305 e. The maximum atomic E-state index is 11.0. The van der Waals surface area contributed by atoms with Gasteiger partial charge in [-0.1, -0.05) is 24.3 Å². The summed E-state index contributed by atoms with van der Waals surface area (Å²) >= 11 is 0. The fraction of sp³-hybridized carbons (Fsp3) is 0.417. The Hall–Kier alpha value is -1.35. The summed E-state index contributed by atoms with van der Waals surface area (Å²) in [6.07, 6.45) is 2.01. The van der Waals surface area contributed by atoms with E-state index in [1.165, 1.54) is 18.2 Å². The van der Waals surface area contributed by atoms with Gasteiger partial charge in [-0.25, -0.2) is 0 Å². The molecule has 0 radical (unpaired) electrons. The molecule has 1 rings (SSSR count). The first kappa shape index (κ1) is 11.7. The van der Waals surface area contributed by atoms with Crippen molar-refractivity contribution in [3.8, 4) is 0 Å². The number of methoxy groups -OCH3 is 1. The van der Waals surface area contributed by atoms with Crippen LogP contribution in [0.2, 0.25) is 0 Å². The molecule has 2 N–H and O–H groups in total. The lowest BCUT2D eigenvalue weighted by Crippen LogP contribution is -2.07. The van der Waals surface area contributed by atoms with Crippen LogP contribution < -0.4 is 5.73 Å². The van der Waals surface area contributed by atoms with Crippen molar-refractivity contribution in [1.82, 2.24) is 0 Å². The van der Waals surface area contributed by atoms with Gasteiger partial charge >= 0.3 is 5.97 Å². The van der Waals surface area contributed by atoms with E-state index < -0.39 is 0 Å². The molecule has 0 aliphatic carbocycles. The third-order valence-electron chi connectivity index (χ3n) is 2.36.